The van der Waals surface area contributed by atoms with Gasteiger partial charge < -0.3 is 19.2 Å². The maximum atomic E-state index is 12.4. The van der Waals surface area contributed by atoms with Gasteiger partial charge in [-0.25, -0.2) is 0 Å². The van der Waals surface area contributed by atoms with Crippen molar-refractivity contribution < 1.29 is 19.1 Å². The number of hydrogen-bond donors (Lipinski definition) is 1. The summed E-state index contributed by atoms with van der Waals surface area (Å²) in [5.74, 6) is 0.439. The lowest BCUT2D eigenvalue weighted by atomic mass is 9.78. The number of carbonyl (C=O) groups excluding carboxylic acids is 1. The first-order valence-corrected chi connectivity index (χ1v) is 6.79. The molecule has 5 nitrogen and oxygen atoms in total. The molecule has 1 aromatic heterocycles. The number of piperidine rings is 1. The van der Waals surface area contributed by atoms with Gasteiger partial charge in [0.2, 0.25) is 0 Å². The molecule has 1 atom stereocenters. The summed E-state index contributed by atoms with van der Waals surface area (Å²) in [6, 6.07) is 3.24. The van der Waals surface area contributed by atoms with Crippen molar-refractivity contribution in [3.63, 3.8) is 0 Å². The lowest BCUT2D eigenvalue weighted by molar-refractivity contribution is 0.0263. The van der Waals surface area contributed by atoms with Crippen LogP contribution in [0.5, 0.6) is 5.95 Å². The maximum absolute atomic E-state index is 12.4. The van der Waals surface area contributed by atoms with E-state index in [0.717, 1.165) is 12.8 Å². The number of methoxy groups -OCH3 is 1. The van der Waals surface area contributed by atoms with Crippen molar-refractivity contribution >= 4 is 5.91 Å². The largest absolute Gasteiger partial charge is 0.468 e. The molecule has 110 valence electrons. The van der Waals surface area contributed by atoms with Crippen molar-refractivity contribution in [1.29, 1.82) is 0 Å². The van der Waals surface area contributed by atoms with Crippen LogP contribution in [0.1, 0.15) is 29.8 Å². The molecule has 0 aromatic carbocycles. The highest BCUT2D eigenvalue weighted by Crippen LogP contribution is 2.34. The summed E-state index contributed by atoms with van der Waals surface area (Å²) in [6.07, 6.45) is 4.29. The van der Waals surface area contributed by atoms with Crippen LogP contribution in [0.15, 0.2) is 29.2 Å². The third-order valence-electron chi connectivity index (χ3n) is 3.85. The van der Waals surface area contributed by atoms with Crippen LogP contribution in [-0.2, 0) is 0 Å². The first kappa shape index (κ1) is 14.7. The van der Waals surface area contributed by atoms with Crippen molar-refractivity contribution in [3.8, 4) is 5.95 Å². The zero-order valence-corrected chi connectivity index (χ0v) is 11.8. The van der Waals surface area contributed by atoms with E-state index in [1.807, 2.05) is 0 Å². The molecular formula is C15H21NO4. The number of furan rings is 1. The first-order valence-electron chi connectivity index (χ1n) is 6.79. The van der Waals surface area contributed by atoms with Crippen LogP contribution >= 0.6 is 0 Å². The molecule has 20 heavy (non-hydrogen) atoms. The fraction of sp³-hybridized carbons (Fsp3) is 0.533. The number of rotatable bonds is 5. The average Bonchev–Trinajstić information content (AvgIpc) is 2.96. The minimum Gasteiger partial charge on any atom is -0.468 e. The topological polar surface area (TPSA) is 62.9 Å². The molecule has 2 rings (SSSR count). The minimum atomic E-state index is -0.271. The van der Waals surface area contributed by atoms with Gasteiger partial charge in [0.05, 0.1) is 13.7 Å². The monoisotopic (exact) mass is 279 g/mol. The van der Waals surface area contributed by atoms with Crippen molar-refractivity contribution in [2.24, 2.45) is 5.41 Å². The molecule has 0 spiro atoms. The van der Waals surface area contributed by atoms with E-state index in [0.29, 0.717) is 25.5 Å². The summed E-state index contributed by atoms with van der Waals surface area (Å²) in [7, 11) is 1.49. The Morgan fingerprint density at radius 2 is 2.45 bits per heavy atom. The number of allylic oxidation sites excluding steroid dienone is 1. The Labute approximate surface area is 118 Å². The quantitative estimate of drug-likeness (QED) is 0.838. The molecule has 1 aromatic rings. The van der Waals surface area contributed by atoms with Crippen molar-refractivity contribution in [2.45, 2.75) is 19.3 Å². The molecule has 1 saturated heterocycles. The van der Waals surface area contributed by atoms with Crippen LogP contribution < -0.4 is 4.74 Å². The van der Waals surface area contributed by atoms with Crippen LogP contribution in [-0.4, -0.2) is 42.7 Å². The molecule has 1 amide bonds. The number of amides is 1. The van der Waals surface area contributed by atoms with Crippen molar-refractivity contribution in [1.82, 2.24) is 4.90 Å². The molecule has 0 aliphatic carbocycles. The third kappa shape index (κ3) is 2.88. The first-order chi connectivity index (χ1) is 9.64. The number of hydrogen-bond acceptors (Lipinski definition) is 4. The zero-order chi connectivity index (χ0) is 14.6. The minimum absolute atomic E-state index is 0.0598. The van der Waals surface area contributed by atoms with Crippen molar-refractivity contribution in [2.75, 3.05) is 26.8 Å². The van der Waals surface area contributed by atoms with Crippen LogP contribution in [0.3, 0.4) is 0 Å². The summed E-state index contributed by atoms with van der Waals surface area (Å²) < 4.78 is 10.3. The molecule has 0 saturated carbocycles. The van der Waals surface area contributed by atoms with Gasteiger partial charge in [-0.3, -0.25) is 4.79 Å². The molecule has 0 bridgehead atoms. The number of aliphatic hydroxyl groups is 1. The maximum Gasteiger partial charge on any atom is 0.289 e. The Kier molecular flexibility index (Phi) is 4.49. The number of aliphatic hydroxyl groups excluding tert-OH is 1. The van der Waals surface area contributed by atoms with Gasteiger partial charge in [-0.05, 0) is 25.3 Å². The molecule has 5 heteroatoms. The highest BCUT2D eigenvalue weighted by Gasteiger charge is 2.36. The van der Waals surface area contributed by atoms with E-state index in [1.54, 1.807) is 23.1 Å². The molecule has 1 fully saturated rings. The van der Waals surface area contributed by atoms with Crippen LogP contribution in [0.2, 0.25) is 0 Å². The Morgan fingerprint density at radius 1 is 1.65 bits per heavy atom. The Balaban J connectivity index is 2.11. The summed E-state index contributed by atoms with van der Waals surface area (Å²) in [5.41, 5.74) is -0.271. The van der Waals surface area contributed by atoms with Gasteiger partial charge >= 0.3 is 0 Å². The summed E-state index contributed by atoms with van der Waals surface area (Å²) in [6.45, 7) is 5.01. The van der Waals surface area contributed by atoms with Gasteiger partial charge in [0.1, 0.15) is 0 Å². The van der Waals surface area contributed by atoms with E-state index in [-0.39, 0.29) is 23.7 Å². The van der Waals surface area contributed by atoms with Gasteiger partial charge in [0.15, 0.2) is 5.76 Å². The molecular weight excluding hydrogens is 258 g/mol. The van der Waals surface area contributed by atoms with E-state index < -0.39 is 0 Å². The summed E-state index contributed by atoms with van der Waals surface area (Å²) in [5, 5.41) is 9.66. The van der Waals surface area contributed by atoms with E-state index in [4.69, 9.17) is 9.15 Å². The second-order valence-corrected chi connectivity index (χ2v) is 5.30. The molecule has 2 heterocycles. The summed E-state index contributed by atoms with van der Waals surface area (Å²) >= 11 is 0. The van der Waals surface area contributed by atoms with E-state index in [1.165, 1.54) is 7.11 Å². The molecule has 0 unspecified atom stereocenters. The van der Waals surface area contributed by atoms with Gasteiger partial charge in [-0.15, -0.1) is 6.58 Å². The molecule has 0 radical (unpaired) electrons. The smallest absolute Gasteiger partial charge is 0.289 e. The second-order valence-electron chi connectivity index (χ2n) is 5.30. The van der Waals surface area contributed by atoms with Gasteiger partial charge in [-0.1, -0.05) is 6.08 Å². The third-order valence-corrected chi connectivity index (χ3v) is 3.85. The van der Waals surface area contributed by atoms with Gasteiger partial charge in [0, 0.05) is 24.6 Å². The predicted octanol–water partition coefficient (Wildman–Crippen LogP) is 2.08. The highest BCUT2D eigenvalue weighted by molar-refractivity contribution is 5.91. The highest BCUT2D eigenvalue weighted by atomic mass is 16.6. The average molecular weight is 279 g/mol. The van der Waals surface area contributed by atoms with Crippen LogP contribution in [0, 0.1) is 5.41 Å². The lowest BCUT2D eigenvalue weighted by Gasteiger charge is -2.41. The SMILES string of the molecule is C=CC[C@@]1(CO)CCCN(C(=O)c2ccc(OC)o2)C1. The van der Waals surface area contributed by atoms with E-state index in [9.17, 15) is 9.90 Å². The van der Waals surface area contributed by atoms with Gasteiger partial charge in [0.25, 0.3) is 11.9 Å². The molecule has 1 N–H and O–H groups in total. The van der Waals surface area contributed by atoms with Gasteiger partial charge in [-0.2, -0.15) is 0 Å². The number of likely N-dealkylation sites (tertiary alicyclic amines) is 1. The van der Waals surface area contributed by atoms with E-state index in [2.05, 4.69) is 6.58 Å². The molecule has 1 aliphatic heterocycles. The fourth-order valence-corrected chi connectivity index (χ4v) is 2.75. The zero-order valence-electron chi connectivity index (χ0n) is 11.8. The number of nitrogens with zero attached hydrogens (tertiary/aromatic N) is 1. The predicted molar refractivity (Wildman–Crippen MR) is 74.7 cm³/mol. The standard InChI is InChI=1S/C15H21NO4/c1-3-7-15(11-17)8-4-9-16(10-15)14(18)12-5-6-13(19-2)20-12/h3,5-6,17H,1,4,7-11H2,2H3/t15-/m1/s1. The molecule has 1 aliphatic rings. The lowest BCUT2D eigenvalue weighted by Crippen LogP contribution is -2.47. The number of ether oxygens (including phenoxy) is 1. The Hall–Kier alpha value is -1.75. The Bertz CT molecular complexity index is 482. The normalized spacial score (nSPS) is 22.6. The fourth-order valence-electron chi connectivity index (χ4n) is 2.75. The number of carbonyl (C=O) groups is 1. The van der Waals surface area contributed by atoms with Crippen molar-refractivity contribution in [3.05, 3.63) is 30.5 Å². The van der Waals surface area contributed by atoms with Crippen LogP contribution in [0.25, 0.3) is 0 Å². The Morgan fingerprint density at radius 3 is 3.05 bits per heavy atom. The summed E-state index contributed by atoms with van der Waals surface area (Å²) in [4.78, 5) is 14.1. The van der Waals surface area contributed by atoms with Crippen LogP contribution in [0.4, 0.5) is 0 Å². The van der Waals surface area contributed by atoms with E-state index >= 15 is 0 Å². The second kappa shape index (κ2) is 6.13.